The lowest BCUT2D eigenvalue weighted by molar-refractivity contribution is -0.124. The van der Waals surface area contributed by atoms with E-state index in [1.54, 1.807) is 18.2 Å². The van der Waals surface area contributed by atoms with Gasteiger partial charge in [0.2, 0.25) is 0 Å². The minimum absolute atomic E-state index is 0. The highest BCUT2D eigenvalue weighted by atomic mass is 35.5. The molecule has 0 bridgehead atoms. The van der Waals surface area contributed by atoms with E-state index in [2.05, 4.69) is 5.32 Å². The lowest BCUT2D eigenvalue weighted by Gasteiger charge is -2.28. The standard InChI is InChI=1S/C14H18Cl2N2O2.ClH/c15-11-4-3-10(7-12(11)16)20-8-13(19)18-14(9-17)5-1-2-6-14;/h3-4,7H,1-2,5-6,8-9,17H2,(H,18,19);1H. The van der Waals surface area contributed by atoms with Crippen molar-refractivity contribution in [2.45, 2.75) is 31.2 Å². The summed E-state index contributed by atoms with van der Waals surface area (Å²) in [6.07, 6.45) is 4.07. The summed E-state index contributed by atoms with van der Waals surface area (Å²) < 4.78 is 5.41. The maximum atomic E-state index is 11.9. The Morgan fingerprint density at radius 3 is 2.52 bits per heavy atom. The van der Waals surface area contributed by atoms with E-state index in [0.29, 0.717) is 22.3 Å². The van der Waals surface area contributed by atoms with Crippen LogP contribution in [0.15, 0.2) is 18.2 Å². The van der Waals surface area contributed by atoms with E-state index in [-0.39, 0.29) is 30.5 Å². The van der Waals surface area contributed by atoms with Gasteiger partial charge in [-0.05, 0) is 25.0 Å². The van der Waals surface area contributed by atoms with Gasteiger partial charge in [0, 0.05) is 12.6 Å². The van der Waals surface area contributed by atoms with Crippen molar-refractivity contribution in [1.82, 2.24) is 5.32 Å². The number of nitrogens with one attached hydrogen (secondary N) is 1. The third kappa shape index (κ3) is 4.92. The Morgan fingerprint density at radius 2 is 1.95 bits per heavy atom. The summed E-state index contributed by atoms with van der Waals surface area (Å²) >= 11 is 11.7. The van der Waals surface area contributed by atoms with E-state index in [1.165, 1.54) is 0 Å². The normalized spacial score (nSPS) is 16.1. The summed E-state index contributed by atoms with van der Waals surface area (Å²) in [5.41, 5.74) is 5.52. The van der Waals surface area contributed by atoms with E-state index in [0.717, 1.165) is 25.7 Å². The molecule has 1 aromatic rings. The Bertz CT molecular complexity index is 491. The zero-order valence-corrected chi connectivity index (χ0v) is 13.9. The minimum Gasteiger partial charge on any atom is -0.484 e. The fraction of sp³-hybridized carbons (Fsp3) is 0.500. The maximum Gasteiger partial charge on any atom is 0.258 e. The topological polar surface area (TPSA) is 64.3 Å². The van der Waals surface area contributed by atoms with Crippen LogP contribution >= 0.6 is 35.6 Å². The Hall–Kier alpha value is -0.680. The number of nitrogens with two attached hydrogens (primary N) is 1. The predicted octanol–water partition coefficient (Wildman–Crippen LogP) is 3.18. The molecule has 0 spiro atoms. The molecule has 4 nitrogen and oxygen atoms in total. The van der Waals surface area contributed by atoms with Gasteiger partial charge in [0.05, 0.1) is 15.6 Å². The van der Waals surface area contributed by atoms with Gasteiger partial charge >= 0.3 is 0 Å². The number of hydrogen-bond donors (Lipinski definition) is 2. The van der Waals surface area contributed by atoms with Crippen LogP contribution in [0.2, 0.25) is 10.0 Å². The number of amides is 1. The Balaban J connectivity index is 0.00000220. The zero-order chi connectivity index (χ0) is 14.6. The van der Waals surface area contributed by atoms with Crippen LogP contribution in [0.5, 0.6) is 5.75 Å². The number of ether oxygens (including phenoxy) is 1. The predicted molar refractivity (Wildman–Crippen MR) is 87.6 cm³/mol. The largest absolute Gasteiger partial charge is 0.484 e. The van der Waals surface area contributed by atoms with E-state index < -0.39 is 0 Å². The molecule has 1 saturated carbocycles. The summed E-state index contributed by atoms with van der Waals surface area (Å²) in [4.78, 5) is 11.9. The second-order valence-electron chi connectivity index (χ2n) is 5.10. The first-order valence-corrected chi connectivity index (χ1v) is 7.39. The molecule has 1 fully saturated rings. The van der Waals surface area contributed by atoms with Gasteiger partial charge in [-0.3, -0.25) is 4.79 Å². The molecule has 1 aliphatic carbocycles. The number of carbonyl (C=O) groups is 1. The Morgan fingerprint density at radius 1 is 1.29 bits per heavy atom. The van der Waals surface area contributed by atoms with Crippen molar-refractivity contribution in [3.8, 4) is 5.75 Å². The second-order valence-corrected chi connectivity index (χ2v) is 5.92. The van der Waals surface area contributed by atoms with E-state index >= 15 is 0 Å². The van der Waals surface area contributed by atoms with Crippen LogP contribution in [-0.2, 0) is 4.79 Å². The van der Waals surface area contributed by atoms with E-state index in [9.17, 15) is 4.79 Å². The van der Waals surface area contributed by atoms with Gasteiger partial charge in [-0.1, -0.05) is 36.0 Å². The van der Waals surface area contributed by atoms with E-state index in [1.807, 2.05) is 0 Å². The van der Waals surface area contributed by atoms with Crippen LogP contribution < -0.4 is 15.8 Å². The van der Waals surface area contributed by atoms with Crippen molar-refractivity contribution in [2.75, 3.05) is 13.2 Å². The summed E-state index contributed by atoms with van der Waals surface area (Å²) in [5.74, 6) is 0.353. The molecular weight excluding hydrogens is 335 g/mol. The Labute approximate surface area is 140 Å². The summed E-state index contributed by atoms with van der Waals surface area (Å²) in [5, 5.41) is 3.85. The molecule has 0 aromatic heterocycles. The van der Waals surface area contributed by atoms with Crippen LogP contribution in [0.1, 0.15) is 25.7 Å². The molecular formula is C14H19Cl3N2O2. The van der Waals surface area contributed by atoms with Crippen molar-refractivity contribution in [3.63, 3.8) is 0 Å². The highest BCUT2D eigenvalue weighted by Gasteiger charge is 2.33. The molecule has 7 heteroatoms. The molecule has 0 aliphatic heterocycles. The molecule has 1 amide bonds. The SMILES string of the molecule is Cl.NCC1(NC(=O)COc2ccc(Cl)c(Cl)c2)CCCC1. The van der Waals surface area contributed by atoms with Gasteiger partial charge in [-0.15, -0.1) is 12.4 Å². The summed E-state index contributed by atoms with van der Waals surface area (Å²) in [7, 11) is 0. The first-order valence-electron chi connectivity index (χ1n) is 6.64. The molecule has 0 radical (unpaired) electrons. The average Bonchev–Trinajstić information content (AvgIpc) is 2.89. The average molecular weight is 354 g/mol. The van der Waals surface area contributed by atoms with Gasteiger partial charge in [0.25, 0.3) is 5.91 Å². The molecule has 1 aromatic carbocycles. The molecule has 0 heterocycles. The number of benzene rings is 1. The zero-order valence-electron chi connectivity index (χ0n) is 11.5. The van der Waals surface area contributed by atoms with Crippen molar-refractivity contribution in [3.05, 3.63) is 28.2 Å². The number of halogens is 3. The molecule has 0 saturated heterocycles. The van der Waals surface area contributed by atoms with E-state index in [4.69, 9.17) is 33.7 Å². The van der Waals surface area contributed by atoms with Gasteiger partial charge in [-0.2, -0.15) is 0 Å². The maximum absolute atomic E-state index is 11.9. The monoisotopic (exact) mass is 352 g/mol. The molecule has 21 heavy (non-hydrogen) atoms. The van der Waals surface area contributed by atoms with Crippen molar-refractivity contribution in [1.29, 1.82) is 0 Å². The van der Waals surface area contributed by atoms with Crippen molar-refractivity contribution >= 4 is 41.5 Å². The quantitative estimate of drug-likeness (QED) is 0.854. The minimum atomic E-state index is -0.252. The fourth-order valence-corrected chi connectivity index (χ4v) is 2.77. The molecule has 2 rings (SSSR count). The third-order valence-corrected chi connectivity index (χ3v) is 4.36. The van der Waals surface area contributed by atoms with Gasteiger partial charge in [0.15, 0.2) is 6.61 Å². The smallest absolute Gasteiger partial charge is 0.258 e. The Kier molecular flexibility index (Phi) is 7.07. The lowest BCUT2D eigenvalue weighted by Crippen LogP contribution is -2.52. The van der Waals surface area contributed by atoms with Gasteiger partial charge < -0.3 is 15.8 Å². The first kappa shape index (κ1) is 18.4. The molecule has 1 aliphatic rings. The highest BCUT2D eigenvalue weighted by Crippen LogP contribution is 2.29. The molecule has 3 N–H and O–H groups in total. The van der Waals surface area contributed by atoms with Crippen molar-refractivity contribution in [2.24, 2.45) is 5.73 Å². The van der Waals surface area contributed by atoms with Crippen LogP contribution in [0.3, 0.4) is 0 Å². The lowest BCUT2D eigenvalue weighted by atomic mass is 9.98. The number of carbonyl (C=O) groups excluding carboxylic acids is 1. The van der Waals surface area contributed by atoms with Crippen molar-refractivity contribution < 1.29 is 9.53 Å². The number of hydrogen-bond acceptors (Lipinski definition) is 3. The van der Waals surface area contributed by atoms with Crippen LogP contribution in [0, 0.1) is 0 Å². The van der Waals surface area contributed by atoms with Gasteiger partial charge in [-0.25, -0.2) is 0 Å². The highest BCUT2D eigenvalue weighted by molar-refractivity contribution is 6.42. The molecule has 0 atom stereocenters. The summed E-state index contributed by atoms with van der Waals surface area (Å²) in [6.45, 7) is 0.408. The second kappa shape index (κ2) is 8.08. The van der Waals surface area contributed by atoms with Crippen LogP contribution in [0.4, 0.5) is 0 Å². The number of rotatable bonds is 5. The third-order valence-electron chi connectivity index (χ3n) is 3.62. The fourth-order valence-electron chi connectivity index (χ4n) is 2.48. The molecule has 0 unspecified atom stereocenters. The summed E-state index contributed by atoms with van der Waals surface area (Å²) in [6, 6.07) is 4.90. The van der Waals surface area contributed by atoms with Gasteiger partial charge in [0.1, 0.15) is 5.75 Å². The van der Waals surface area contributed by atoms with Crippen LogP contribution in [-0.4, -0.2) is 24.6 Å². The van der Waals surface area contributed by atoms with Crippen LogP contribution in [0.25, 0.3) is 0 Å². The molecule has 118 valence electrons. The first-order chi connectivity index (χ1) is 9.54.